The summed E-state index contributed by atoms with van der Waals surface area (Å²) in [5.41, 5.74) is 0. The van der Waals surface area contributed by atoms with E-state index in [1.807, 2.05) is 0 Å². The van der Waals surface area contributed by atoms with Crippen LogP contribution in [0, 0.1) is 0 Å². The molecule has 0 aliphatic rings. The van der Waals surface area contributed by atoms with E-state index in [2.05, 4.69) is 31.2 Å². The van der Waals surface area contributed by atoms with Gasteiger partial charge in [0.05, 0.1) is 0 Å². The van der Waals surface area contributed by atoms with Gasteiger partial charge in [-0.2, -0.15) is 0 Å². The van der Waals surface area contributed by atoms with E-state index in [1.165, 1.54) is 44.9 Å². The average Bonchev–Trinajstić information content (AvgIpc) is 2.39. The summed E-state index contributed by atoms with van der Waals surface area (Å²) in [4.78, 5) is 10.3. The molecule has 1 N–H and O–H groups in total. The number of unbranched alkanes of at least 4 members (excludes halogenated alkanes) is 7. The highest BCUT2D eigenvalue weighted by Gasteiger charge is 1.92. The van der Waals surface area contributed by atoms with Crippen molar-refractivity contribution in [3.8, 4) is 0 Å². The minimum atomic E-state index is -0.702. The van der Waals surface area contributed by atoms with Crippen molar-refractivity contribution in [3.63, 3.8) is 0 Å². The number of carboxylic acid groups (broad SMARTS) is 1. The zero-order valence-corrected chi connectivity index (χ0v) is 12.4. The molecule has 0 radical (unpaired) electrons. The molecule has 0 aliphatic carbocycles. The van der Waals surface area contributed by atoms with Crippen molar-refractivity contribution in [1.82, 2.24) is 0 Å². The van der Waals surface area contributed by atoms with Crippen LogP contribution < -0.4 is 0 Å². The molecule has 0 aromatic heterocycles. The highest BCUT2D eigenvalue weighted by Crippen LogP contribution is 2.07. The zero-order valence-electron chi connectivity index (χ0n) is 12.4. The Labute approximate surface area is 118 Å². The first-order valence-electron chi connectivity index (χ1n) is 7.79. The fraction of sp³-hybridized carbons (Fsp3) is 0.706. The van der Waals surface area contributed by atoms with Crippen LogP contribution >= 0.6 is 0 Å². The van der Waals surface area contributed by atoms with E-state index < -0.39 is 5.97 Å². The monoisotopic (exact) mass is 266 g/mol. The molecule has 0 fully saturated rings. The molecular weight excluding hydrogens is 236 g/mol. The minimum absolute atomic E-state index is 0.276. The summed E-state index contributed by atoms with van der Waals surface area (Å²) in [6.07, 6.45) is 20.9. The molecular formula is C17H30O2. The lowest BCUT2D eigenvalue weighted by atomic mass is 10.1. The highest BCUT2D eigenvalue weighted by atomic mass is 16.4. The molecule has 19 heavy (non-hydrogen) atoms. The number of hydrogen-bond acceptors (Lipinski definition) is 1. The van der Waals surface area contributed by atoms with E-state index in [9.17, 15) is 4.79 Å². The molecule has 0 heterocycles. The van der Waals surface area contributed by atoms with Crippen LogP contribution in [0.25, 0.3) is 0 Å². The number of carboxylic acids is 1. The minimum Gasteiger partial charge on any atom is -0.481 e. The summed E-state index contributed by atoms with van der Waals surface area (Å²) >= 11 is 0. The predicted molar refractivity (Wildman–Crippen MR) is 82.4 cm³/mol. The van der Waals surface area contributed by atoms with E-state index in [4.69, 9.17) is 5.11 Å². The standard InChI is InChI=1S/C17H30O2/c1-2-3-4-5-6-7-8-9-10-11-12-13-14-15-16-17(18)19/h9-10,12-13H,2-8,11,14-16H2,1H3,(H,18,19)/b10-9-,13-12-. The lowest BCUT2D eigenvalue weighted by molar-refractivity contribution is -0.137. The van der Waals surface area contributed by atoms with Gasteiger partial charge in [-0.15, -0.1) is 0 Å². The fourth-order valence-electron chi connectivity index (χ4n) is 1.92. The maximum absolute atomic E-state index is 10.3. The summed E-state index contributed by atoms with van der Waals surface area (Å²) in [6.45, 7) is 2.25. The third-order valence-corrected chi connectivity index (χ3v) is 3.09. The number of hydrogen-bond donors (Lipinski definition) is 1. The molecule has 110 valence electrons. The third kappa shape index (κ3) is 16.9. The van der Waals surface area contributed by atoms with Crippen molar-refractivity contribution in [2.75, 3.05) is 0 Å². The maximum Gasteiger partial charge on any atom is 0.303 e. The molecule has 0 aliphatic heterocycles. The molecule has 0 aromatic carbocycles. The number of allylic oxidation sites excluding steroid dienone is 4. The molecule has 0 amide bonds. The van der Waals surface area contributed by atoms with Crippen molar-refractivity contribution in [2.24, 2.45) is 0 Å². The first kappa shape index (κ1) is 17.9. The highest BCUT2D eigenvalue weighted by molar-refractivity contribution is 5.66. The van der Waals surface area contributed by atoms with Gasteiger partial charge in [0.25, 0.3) is 0 Å². The molecule has 0 saturated heterocycles. The number of rotatable bonds is 13. The van der Waals surface area contributed by atoms with Crippen molar-refractivity contribution >= 4 is 5.97 Å². The Morgan fingerprint density at radius 1 is 0.842 bits per heavy atom. The van der Waals surface area contributed by atoms with Gasteiger partial charge in [0.2, 0.25) is 0 Å². The quantitative estimate of drug-likeness (QED) is 0.353. The van der Waals surface area contributed by atoms with Crippen LogP contribution in [-0.4, -0.2) is 11.1 Å². The molecule has 0 spiro atoms. The first-order chi connectivity index (χ1) is 9.27. The SMILES string of the molecule is CCCCCCCC/C=C\C/C=C\CCCC(=O)O. The Morgan fingerprint density at radius 2 is 1.42 bits per heavy atom. The van der Waals surface area contributed by atoms with Crippen molar-refractivity contribution in [2.45, 2.75) is 77.6 Å². The van der Waals surface area contributed by atoms with E-state index in [1.54, 1.807) is 0 Å². The van der Waals surface area contributed by atoms with Gasteiger partial charge >= 0.3 is 5.97 Å². The Hall–Kier alpha value is -1.05. The summed E-state index contributed by atoms with van der Waals surface area (Å²) < 4.78 is 0. The topological polar surface area (TPSA) is 37.3 Å². The maximum atomic E-state index is 10.3. The lowest BCUT2D eigenvalue weighted by Gasteiger charge is -1.97. The molecule has 0 saturated carbocycles. The zero-order chi connectivity index (χ0) is 14.2. The van der Waals surface area contributed by atoms with E-state index in [0.717, 1.165) is 19.3 Å². The van der Waals surface area contributed by atoms with Gasteiger partial charge in [-0.1, -0.05) is 63.3 Å². The van der Waals surface area contributed by atoms with E-state index >= 15 is 0 Å². The largest absolute Gasteiger partial charge is 0.481 e. The number of carbonyl (C=O) groups is 1. The average molecular weight is 266 g/mol. The third-order valence-electron chi connectivity index (χ3n) is 3.09. The van der Waals surface area contributed by atoms with Crippen LogP contribution in [0.4, 0.5) is 0 Å². The molecule has 0 atom stereocenters. The van der Waals surface area contributed by atoms with Crippen molar-refractivity contribution in [3.05, 3.63) is 24.3 Å². The summed E-state index contributed by atoms with van der Waals surface area (Å²) in [6, 6.07) is 0. The second-order valence-electron chi connectivity index (χ2n) is 5.02. The van der Waals surface area contributed by atoms with Gasteiger partial charge in [-0.25, -0.2) is 0 Å². The summed E-state index contributed by atoms with van der Waals surface area (Å²) in [5, 5.41) is 8.47. The van der Waals surface area contributed by atoms with Crippen LogP contribution in [0.5, 0.6) is 0 Å². The van der Waals surface area contributed by atoms with Gasteiger partial charge in [-0.3, -0.25) is 4.79 Å². The van der Waals surface area contributed by atoms with E-state index in [-0.39, 0.29) is 6.42 Å². The molecule has 0 aromatic rings. The molecule has 2 nitrogen and oxygen atoms in total. The molecule has 2 heteroatoms. The van der Waals surface area contributed by atoms with Gasteiger partial charge in [0, 0.05) is 6.42 Å². The Bertz CT molecular complexity index is 254. The molecule has 0 bridgehead atoms. The van der Waals surface area contributed by atoms with Crippen LogP contribution in [0.2, 0.25) is 0 Å². The van der Waals surface area contributed by atoms with Gasteiger partial charge < -0.3 is 5.11 Å². The number of aliphatic carboxylic acids is 1. The molecule has 0 rings (SSSR count). The van der Waals surface area contributed by atoms with Crippen LogP contribution in [-0.2, 0) is 4.79 Å². The van der Waals surface area contributed by atoms with Gasteiger partial charge in [0.15, 0.2) is 0 Å². The second-order valence-corrected chi connectivity index (χ2v) is 5.02. The summed E-state index contributed by atoms with van der Waals surface area (Å²) in [5.74, 6) is -0.702. The fourth-order valence-corrected chi connectivity index (χ4v) is 1.92. The van der Waals surface area contributed by atoms with Crippen LogP contribution in [0.15, 0.2) is 24.3 Å². The van der Waals surface area contributed by atoms with Crippen LogP contribution in [0.1, 0.15) is 77.6 Å². The summed E-state index contributed by atoms with van der Waals surface area (Å²) in [7, 11) is 0. The van der Waals surface area contributed by atoms with E-state index in [0.29, 0.717) is 0 Å². The second kappa shape index (κ2) is 15.0. The first-order valence-corrected chi connectivity index (χ1v) is 7.79. The van der Waals surface area contributed by atoms with Crippen LogP contribution in [0.3, 0.4) is 0 Å². The Morgan fingerprint density at radius 3 is 2.05 bits per heavy atom. The molecule has 0 unspecified atom stereocenters. The van der Waals surface area contributed by atoms with Crippen molar-refractivity contribution < 1.29 is 9.90 Å². The predicted octanol–water partition coefficient (Wildman–Crippen LogP) is 5.49. The van der Waals surface area contributed by atoms with Gasteiger partial charge in [-0.05, 0) is 32.1 Å². The normalized spacial score (nSPS) is 11.6. The Balaban J connectivity index is 3.20. The van der Waals surface area contributed by atoms with Gasteiger partial charge in [0.1, 0.15) is 0 Å². The smallest absolute Gasteiger partial charge is 0.303 e. The Kier molecular flexibility index (Phi) is 14.2. The van der Waals surface area contributed by atoms with Crippen molar-refractivity contribution in [1.29, 1.82) is 0 Å². The lowest BCUT2D eigenvalue weighted by Crippen LogP contribution is -1.92.